The third kappa shape index (κ3) is 6.19. The molecule has 29 heavy (non-hydrogen) atoms. The third-order valence-electron chi connectivity index (χ3n) is 5.11. The van der Waals surface area contributed by atoms with Gasteiger partial charge in [-0.1, -0.05) is 19.1 Å². The zero-order chi connectivity index (χ0) is 20.5. The second-order valence-corrected chi connectivity index (χ2v) is 7.32. The van der Waals surface area contributed by atoms with E-state index in [9.17, 15) is 0 Å². The van der Waals surface area contributed by atoms with Gasteiger partial charge in [-0.05, 0) is 24.1 Å². The summed E-state index contributed by atoms with van der Waals surface area (Å²) in [5.74, 6) is 3.27. The van der Waals surface area contributed by atoms with Crippen molar-refractivity contribution in [2.75, 3.05) is 40.5 Å². The number of aliphatic imine (C=N–C) groups is 1. The van der Waals surface area contributed by atoms with E-state index in [4.69, 9.17) is 14.5 Å². The molecule has 2 heterocycles. The molecule has 1 aromatic heterocycles. The zero-order valence-corrected chi connectivity index (χ0v) is 17.7. The quantitative estimate of drug-likeness (QED) is 0.512. The first-order valence-corrected chi connectivity index (χ1v) is 10.3. The molecule has 0 spiro atoms. The minimum atomic E-state index is 0.505. The van der Waals surface area contributed by atoms with Gasteiger partial charge in [0, 0.05) is 52.2 Å². The second-order valence-electron chi connectivity index (χ2n) is 7.32. The average molecular weight is 401 g/mol. The predicted octanol–water partition coefficient (Wildman–Crippen LogP) is 1.96. The maximum atomic E-state index is 5.49. The molecule has 2 aromatic rings. The molecule has 0 saturated carbocycles. The summed E-state index contributed by atoms with van der Waals surface area (Å²) in [6, 6.07) is 8.15. The molecule has 1 N–H and O–H groups in total. The smallest absolute Gasteiger partial charge is 0.194 e. The third-order valence-corrected chi connectivity index (χ3v) is 5.11. The van der Waals surface area contributed by atoms with E-state index in [1.54, 1.807) is 13.4 Å². The Hall–Kier alpha value is -2.61. The maximum Gasteiger partial charge on any atom is 0.194 e. The summed E-state index contributed by atoms with van der Waals surface area (Å²) in [4.78, 5) is 7.04. The van der Waals surface area contributed by atoms with Gasteiger partial charge in [0.2, 0.25) is 0 Å². The summed E-state index contributed by atoms with van der Waals surface area (Å²) in [5, 5.41) is 11.7. The summed E-state index contributed by atoms with van der Waals surface area (Å²) in [5.41, 5.74) is 1.21. The van der Waals surface area contributed by atoms with E-state index in [-0.39, 0.29) is 0 Å². The lowest BCUT2D eigenvalue weighted by molar-refractivity contribution is 0.187. The fourth-order valence-corrected chi connectivity index (χ4v) is 3.36. The molecule has 158 valence electrons. The molecule has 0 radical (unpaired) electrons. The summed E-state index contributed by atoms with van der Waals surface area (Å²) in [6.45, 7) is 6.85. The molecule has 1 aromatic carbocycles. The van der Waals surface area contributed by atoms with Crippen LogP contribution in [0, 0.1) is 5.92 Å². The second kappa shape index (κ2) is 10.8. The topological polar surface area (TPSA) is 76.8 Å². The lowest BCUT2D eigenvalue weighted by atomic mass is 10.1. The van der Waals surface area contributed by atoms with Crippen LogP contribution < -0.4 is 10.1 Å². The van der Waals surface area contributed by atoms with Crippen LogP contribution in [0.15, 0.2) is 35.6 Å². The Morgan fingerprint density at radius 3 is 2.90 bits per heavy atom. The number of ether oxygens (including phenoxy) is 2. The maximum absolute atomic E-state index is 5.49. The largest absolute Gasteiger partial charge is 0.497 e. The summed E-state index contributed by atoms with van der Waals surface area (Å²) < 4.78 is 12.8. The summed E-state index contributed by atoms with van der Waals surface area (Å²) >= 11 is 0. The number of nitrogens with zero attached hydrogens (tertiary/aromatic N) is 5. The Labute approximate surface area is 172 Å². The predicted molar refractivity (Wildman–Crippen MR) is 113 cm³/mol. The average Bonchev–Trinajstić information content (AvgIpc) is 3.42. The Morgan fingerprint density at radius 2 is 2.21 bits per heavy atom. The lowest BCUT2D eigenvalue weighted by Gasteiger charge is -2.23. The SMILES string of the molecule is CCc1nncn1CCNC(=NCC1CCOC1)N(C)Cc1ccc(OC)cc1. The number of hydrogen-bond acceptors (Lipinski definition) is 5. The number of hydrogen-bond donors (Lipinski definition) is 1. The highest BCUT2D eigenvalue weighted by Gasteiger charge is 2.16. The highest BCUT2D eigenvalue weighted by Crippen LogP contribution is 2.14. The first-order valence-electron chi connectivity index (χ1n) is 10.3. The molecular formula is C21H32N6O2. The van der Waals surface area contributed by atoms with Gasteiger partial charge in [0.1, 0.15) is 17.9 Å². The van der Waals surface area contributed by atoms with E-state index in [0.717, 1.165) is 69.8 Å². The van der Waals surface area contributed by atoms with Gasteiger partial charge in [-0.25, -0.2) is 0 Å². The molecule has 0 amide bonds. The first-order chi connectivity index (χ1) is 14.2. The van der Waals surface area contributed by atoms with Crippen LogP contribution >= 0.6 is 0 Å². The van der Waals surface area contributed by atoms with Gasteiger partial charge < -0.3 is 24.3 Å². The van der Waals surface area contributed by atoms with Crippen LogP contribution in [0.5, 0.6) is 5.75 Å². The van der Waals surface area contributed by atoms with Crippen LogP contribution in [-0.4, -0.2) is 66.1 Å². The van der Waals surface area contributed by atoms with Crippen molar-refractivity contribution in [2.24, 2.45) is 10.9 Å². The van der Waals surface area contributed by atoms with Crippen molar-refractivity contribution in [3.63, 3.8) is 0 Å². The standard InChI is InChI=1S/C21H32N6O2/c1-4-20-25-24-16-27(20)11-10-22-21(23-13-18-9-12-29-15-18)26(2)14-17-5-7-19(28-3)8-6-17/h5-8,16,18H,4,9-15H2,1-3H3,(H,22,23). The Bertz CT molecular complexity index is 768. The van der Waals surface area contributed by atoms with Crippen molar-refractivity contribution in [3.8, 4) is 5.75 Å². The van der Waals surface area contributed by atoms with Gasteiger partial charge in [-0.3, -0.25) is 4.99 Å². The molecule has 1 atom stereocenters. The van der Waals surface area contributed by atoms with Crippen LogP contribution in [-0.2, 0) is 24.2 Å². The highest BCUT2D eigenvalue weighted by atomic mass is 16.5. The van der Waals surface area contributed by atoms with E-state index in [0.29, 0.717) is 5.92 Å². The Balaban J connectivity index is 1.61. The minimum Gasteiger partial charge on any atom is -0.497 e. The summed E-state index contributed by atoms with van der Waals surface area (Å²) in [7, 11) is 3.75. The number of aryl methyl sites for hydroxylation is 1. The van der Waals surface area contributed by atoms with Crippen LogP contribution in [0.3, 0.4) is 0 Å². The van der Waals surface area contributed by atoms with Crippen LogP contribution in [0.1, 0.15) is 24.7 Å². The number of guanidine groups is 1. The molecule has 1 fully saturated rings. The van der Waals surface area contributed by atoms with E-state index in [1.807, 2.05) is 12.1 Å². The highest BCUT2D eigenvalue weighted by molar-refractivity contribution is 5.79. The Morgan fingerprint density at radius 1 is 1.38 bits per heavy atom. The minimum absolute atomic E-state index is 0.505. The molecule has 1 aliphatic heterocycles. The molecule has 1 saturated heterocycles. The number of aromatic nitrogens is 3. The van der Waals surface area contributed by atoms with Gasteiger partial charge in [0.15, 0.2) is 5.96 Å². The molecular weight excluding hydrogens is 368 g/mol. The molecule has 8 heteroatoms. The van der Waals surface area contributed by atoms with Gasteiger partial charge in [0.05, 0.1) is 13.7 Å². The van der Waals surface area contributed by atoms with Crippen molar-refractivity contribution < 1.29 is 9.47 Å². The molecule has 0 aliphatic carbocycles. The fourth-order valence-electron chi connectivity index (χ4n) is 3.36. The fraction of sp³-hybridized carbons (Fsp3) is 0.571. The van der Waals surface area contributed by atoms with Gasteiger partial charge in [-0.2, -0.15) is 0 Å². The van der Waals surface area contributed by atoms with Crippen LogP contribution in [0.2, 0.25) is 0 Å². The van der Waals surface area contributed by atoms with Crippen molar-refractivity contribution in [2.45, 2.75) is 32.9 Å². The zero-order valence-electron chi connectivity index (χ0n) is 17.7. The van der Waals surface area contributed by atoms with Gasteiger partial charge >= 0.3 is 0 Å². The van der Waals surface area contributed by atoms with E-state index in [2.05, 4.69) is 51.1 Å². The van der Waals surface area contributed by atoms with Gasteiger partial charge in [-0.15, -0.1) is 10.2 Å². The Kier molecular flexibility index (Phi) is 7.86. The van der Waals surface area contributed by atoms with E-state index < -0.39 is 0 Å². The number of rotatable bonds is 9. The van der Waals surface area contributed by atoms with E-state index >= 15 is 0 Å². The van der Waals surface area contributed by atoms with Crippen molar-refractivity contribution >= 4 is 5.96 Å². The molecule has 3 rings (SSSR count). The van der Waals surface area contributed by atoms with E-state index in [1.165, 1.54) is 5.56 Å². The molecule has 1 aliphatic rings. The van der Waals surface area contributed by atoms with Crippen molar-refractivity contribution in [1.29, 1.82) is 0 Å². The van der Waals surface area contributed by atoms with Gasteiger partial charge in [0.25, 0.3) is 0 Å². The number of benzene rings is 1. The lowest BCUT2D eigenvalue weighted by Crippen LogP contribution is -2.40. The van der Waals surface area contributed by atoms with Crippen molar-refractivity contribution in [3.05, 3.63) is 42.0 Å². The number of nitrogens with one attached hydrogen (secondary N) is 1. The molecule has 1 unspecified atom stereocenters. The number of methoxy groups -OCH3 is 1. The molecule has 8 nitrogen and oxygen atoms in total. The molecule has 0 bridgehead atoms. The normalized spacial score (nSPS) is 16.8. The van der Waals surface area contributed by atoms with Crippen LogP contribution in [0.4, 0.5) is 0 Å². The van der Waals surface area contributed by atoms with Crippen LogP contribution in [0.25, 0.3) is 0 Å². The first kappa shape index (κ1) is 21.1. The summed E-state index contributed by atoms with van der Waals surface area (Å²) in [6.07, 6.45) is 3.74. The van der Waals surface area contributed by atoms with Crippen molar-refractivity contribution in [1.82, 2.24) is 25.0 Å². The monoisotopic (exact) mass is 400 g/mol.